The highest BCUT2D eigenvalue weighted by Crippen LogP contribution is 2.66. The van der Waals surface area contributed by atoms with E-state index in [1.807, 2.05) is 6.92 Å². The summed E-state index contributed by atoms with van der Waals surface area (Å²) in [5.74, 6) is 4.40. The molecule has 2 aromatic heterocycles. The summed E-state index contributed by atoms with van der Waals surface area (Å²) in [4.78, 5) is 4.58. The van der Waals surface area contributed by atoms with Crippen LogP contribution in [0.4, 0.5) is 10.8 Å². The van der Waals surface area contributed by atoms with E-state index in [-0.39, 0.29) is 0 Å². The minimum Gasteiger partial charge on any atom is -0.382 e. The fourth-order valence-corrected chi connectivity index (χ4v) is 6.17. The van der Waals surface area contributed by atoms with Gasteiger partial charge in [-0.2, -0.15) is 4.37 Å². The van der Waals surface area contributed by atoms with Crippen molar-refractivity contribution in [2.24, 2.45) is 23.7 Å². The quantitative estimate of drug-likeness (QED) is 0.907. The maximum Gasteiger partial charge on any atom is 0.148 e. The summed E-state index contributed by atoms with van der Waals surface area (Å²) in [6, 6.07) is 0.662. The Morgan fingerprint density at radius 3 is 2.71 bits per heavy atom. The molecule has 2 heterocycles. The number of rotatable bonds is 3. The molecule has 2 aromatic rings. The number of hydrogen-bond acceptors (Lipinski definition) is 6. The Labute approximate surface area is 132 Å². The van der Waals surface area contributed by atoms with Crippen LogP contribution in [0.5, 0.6) is 0 Å². The Balaban J connectivity index is 1.44. The molecule has 0 amide bonds. The van der Waals surface area contributed by atoms with Gasteiger partial charge in [0, 0.05) is 11.4 Å². The molecule has 0 saturated heterocycles. The van der Waals surface area contributed by atoms with Gasteiger partial charge in [0.15, 0.2) is 0 Å². The predicted octanol–water partition coefficient (Wildman–Crippen LogP) is 3.61. The molecule has 0 radical (unpaired) electrons. The van der Waals surface area contributed by atoms with Crippen molar-refractivity contribution in [1.82, 2.24) is 9.36 Å². The average molecular weight is 318 g/mol. The first-order chi connectivity index (χ1) is 10.2. The minimum atomic E-state index is 0.613. The van der Waals surface area contributed by atoms with E-state index < -0.39 is 0 Å². The van der Waals surface area contributed by atoms with Gasteiger partial charge in [-0.05, 0) is 61.4 Å². The van der Waals surface area contributed by atoms with Crippen molar-refractivity contribution in [2.75, 3.05) is 11.1 Å². The van der Waals surface area contributed by atoms with Crippen molar-refractivity contribution in [3.63, 3.8) is 0 Å². The molecule has 3 aliphatic carbocycles. The third kappa shape index (κ3) is 1.72. The molecule has 110 valence electrons. The van der Waals surface area contributed by atoms with Crippen molar-refractivity contribution in [1.29, 1.82) is 0 Å². The Bertz CT molecular complexity index is 690. The molecule has 2 bridgehead atoms. The van der Waals surface area contributed by atoms with Crippen LogP contribution in [0.25, 0.3) is 11.3 Å². The van der Waals surface area contributed by atoms with Crippen molar-refractivity contribution in [3.8, 4) is 11.3 Å². The largest absolute Gasteiger partial charge is 0.382 e. The third-order valence-electron chi connectivity index (χ3n) is 5.63. The van der Waals surface area contributed by atoms with Crippen LogP contribution in [0.1, 0.15) is 24.3 Å². The summed E-state index contributed by atoms with van der Waals surface area (Å²) in [6.45, 7) is 2.03. The fraction of sp³-hybridized carbons (Fsp3) is 0.600. The number of fused-ring (bicyclic) bond motifs is 5. The highest BCUT2D eigenvalue weighted by atomic mass is 32.1. The standard InChI is InChI=1S/C15H18N4S2/c1-6-17-9(5-20-6)12-14(16)19-21-15(12)18-13-10-7-2-3-8(4-7)11(10)13/h5,7-8,10-11,13,18H,2-4H2,1H3,(H2,16,19). The molecule has 0 aromatic carbocycles. The van der Waals surface area contributed by atoms with E-state index in [4.69, 9.17) is 5.73 Å². The molecular weight excluding hydrogens is 300 g/mol. The zero-order chi connectivity index (χ0) is 14.1. The molecule has 4 nitrogen and oxygen atoms in total. The Morgan fingerprint density at radius 1 is 1.29 bits per heavy atom. The summed E-state index contributed by atoms with van der Waals surface area (Å²) in [7, 11) is 0. The van der Waals surface area contributed by atoms with Gasteiger partial charge in [-0.3, -0.25) is 0 Å². The molecule has 4 unspecified atom stereocenters. The van der Waals surface area contributed by atoms with E-state index in [0.717, 1.165) is 44.9 Å². The molecule has 3 N–H and O–H groups in total. The Kier molecular flexibility index (Phi) is 2.48. The second-order valence-electron chi connectivity index (χ2n) is 6.68. The van der Waals surface area contributed by atoms with Gasteiger partial charge in [0.25, 0.3) is 0 Å². The van der Waals surface area contributed by atoms with Crippen LogP contribution in [0.2, 0.25) is 0 Å². The van der Waals surface area contributed by atoms with E-state index in [1.165, 1.54) is 30.8 Å². The lowest BCUT2D eigenvalue weighted by Gasteiger charge is -2.11. The summed E-state index contributed by atoms with van der Waals surface area (Å²) >= 11 is 3.15. The van der Waals surface area contributed by atoms with Crippen LogP contribution >= 0.6 is 22.9 Å². The highest BCUT2D eigenvalue weighted by Gasteiger charge is 2.65. The van der Waals surface area contributed by atoms with Gasteiger partial charge in [0.2, 0.25) is 0 Å². The Morgan fingerprint density at radius 2 is 2.05 bits per heavy atom. The van der Waals surface area contributed by atoms with Gasteiger partial charge >= 0.3 is 0 Å². The third-order valence-corrected chi connectivity index (χ3v) is 7.19. The number of nitrogens with one attached hydrogen (secondary N) is 1. The normalized spacial score (nSPS) is 36.0. The molecular formula is C15H18N4S2. The lowest BCUT2D eigenvalue weighted by molar-refractivity contribution is 0.456. The van der Waals surface area contributed by atoms with Crippen molar-refractivity contribution in [3.05, 3.63) is 10.4 Å². The molecule has 5 rings (SSSR count). The van der Waals surface area contributed by atoms with Crippen LogP contribution in [0.15, 0.2) is 5.38 Å². The maximum atomic E-state index is 6.09. The van der Waals surface area contributed by atoms with E-state index in [0.29, 0.717) is 11.9 Å². The number of nitrogen functional groups attached to an aromatic ring is 1. The van der Waals surface area contributed by atoms with Crippen molar-refractivity contribution in [2.45, 2.75) is 32.2 Å². The number of nitrogens with zero attached hydrogens (tertiary/aromatic N) is 2. The molecule has 3 saturated carbocycles. The highest BCUT2D eigenvalue weighted by molar-refractivity contribution is 7.11. The van der Waals surface area contributed by atoms with Gasteiger partial charge in [0.05, 0.1) is 16.3 Å². The summed E-state index contributed by atoms with van der Waals surface area (Å²) < 4.78 is 4.35. The number of nitrogens with two attached hydrogens (primary N) is 1. The first-order valence-corrected chi connectivity index (χ1v) is 9.32. The molecule has 0 aliphatic heterocycles. The molecule has 3 aliphatic rings. The number of thiazole rings is 1. The first-order valence-electron chi connectivity index (χ1n) is 7.66. The van der Waals surface area contributed by atoms with Gasteiger partial charge < -0.3 is 11.1 Å². The molecule has 3 fully saturated rings. The number of aryl methyl sites for hydroxylation is 1. The van der Waals surface area contributed by atoms with Gasteiger partial charge in [-0.1, -0.05) is 0 Å². The first kappa shape index (κ1) is 12.4. The minimum absolute atomic E-state index is 0.613. The van der Waals surface area contributed by atoms with E-state index in [9.17, 15) is 0 Å². The molecule has 6 heteroatoms. The summed E-state index contributed by atoms with van der Waals surface area (Å²) in [6.07, 6.45) is 4.39. The van der Waals surface area contributed by atoms with E-state index in [1.54, 1.807) is 11.3 Å². The topological polar surface area (TPSA) is 63.8 Å². The maximum absolute atomic E-state index is 6.09. The lowest BCUT2D eigenvalue weighted by Crippen LogP contribution is -2.12. The fourth-order valence-electron chi connectivity index (χ4n) is 4.80. The predicted molar refractivity (Wildman–Crippen MR) is 87.6 cm³/mol. The van der Waals surface area contributed by atoms with E-state index in [2.05, 4.69) is 20.1 Å². The molecule has 0 spiro atoms. The summed E-state index contributed by atoms with van der Waals surface area (Å²) in [5.41, 5.74) is 8.07. The second-order valence-corrected chi connectivity index (χ2v) is 8.52. The molecule has 21 heavy (non-hydrogen) atoms. The van der Waals surface area contributed by atoms with Crippen molar-refractivity contribution >= 4 is 33.7 Å². The SMILES string of the molecule is Cc1nc(-c2c(N)nsc2NC2C3C4CCC(C4)C23)cs1. The zero-order valence-corrected chi connectivity index (χ0v) is 13.5. The monoisotopic (exact) mass is 318 g/mol. The summed E-state index contributed by atoms with van der Waals surface area (Å²) in [5, 5.41) is 8.03. The smallest absolute Gasteiger partial charge is 0.148 e. The average Bonchev–Trinajstić information content (AvgIpc) is 2.94. The van der Waals surface area contributed by atoms with Gasteiger partial charge in [-0.25, -0.2) is 4.98 Å². The second kappa shape index (κ2) is 4.20. The van der Waals surface area contributed by atoms with Crippen LogP contribution in [0.3, 0.4) is 0 Å². The number of hydrogen-bond donors (Lipinski definition) is 2. The number of anilines is 2. The van der Waals surface area contributed by atoms with Crippen molar-refractivity contribution < 1.29 is 0 Å². The zero-order valence-electron chi connectivity index (χ0n) is 11.9. The Hall–Kier alpha value is -1.14. The van der Waals surface area contributed by atoms with Gasteiger partial charge in [0.1, 0.15) is 10.8 Å². The van der Waals surface area contributed by atoms with Crippen LogP contribution in [0, 0.1) is 30.6 Å². The van der Waals surface area contributed by atoms with Crippen LogP contribution in [-0.2, 0) is 0 Å². The number of aromatic nitrogens is 2. The van der Waals surface area contributed by atoms with Crippen LogP contribution < -0.4 is 11.1 Å². The van der Waals surface area contributed by atoms with Crippen LogP contribution in [-0.4, -0.2) is 15.4 Å². The molecule has 4 atom stereocenters. The lowest BCUT2D eigenvalue weighted by atomic mass is 10.0. The van der Waals surface area contributed by atoms with E-state index >= 15 is 0 Å². The van der Waals surface area contributed by atoms with Gasteiger partial charge in [-0.15, -0.1) is 11.3 Å².